The molecule has 0 amide bonds. The number of benzene rings is 2. The molecule has 0 spiro atoms. The van der Waals surface area contributed by atoms with Gasteiger partial charge in [-0.25, -0.2) is 17.9 Å². The minimum atomic E-state index is -5.09. The highest BCUT2D eigenvalue weighted by Gasteiger charge is 2.36. The Morgan fingerprint density at radius 1 is 1.07 bits per heavy atom. The Labute approximate surface area is 161 Å². The SMILES string of the molecule is COc1ccc(-c2noc(OC(F)(F)F)c2-c2ccc(S(N)(=O)=O)cc2)cc1F. The summed E-state index contributed by atoms with van der Waals surface area (Å²) in [4.78, 5) is -0.256. The molecule has 29 heavy (non-hydrogen) atoms. The van der Waals surface area contributed by atoms with Crippen molar-refractivity contribution in [3.63, 3.8) is 0 Å². The number of nitrogens with zero attached hydrogens (tertiary/aromatic N) is 1. The number of aromatic nitrogens is 1. The largest absolute Gasteiger partial charge is 0.575 e. The van der Waals surface area contributed by atoms with Crippen LogP contribution in [0.5, 0.6) is 11.7 Å². The van der Waals surface area contributed by atoms with Crippen LogP contribution in [0.4, 0.5) is 17.6 Å². The van der Waals surface area contributed by atoms with Crippen LogP contribution in [-0.2, 0) is 10.0 Å². The van der Waals surface area contributed by atoms with Crippen LogP contribution in [0, 0.1) is 5.82 Å². The number of rotatable bonds is 5. The first kappa shape index (κ1) is 20.6. The molecule has 0 saturated heterocycles. The third-order valence-electron chi connectivity index (χ3n) is 3.77. The Hall–Kier alpha value is -3.12. The van der Waals surface area contributed by atoms with Crippen molar-refractivity contribution in [1.82, 2.24) is 5.16 Å². The maximum absolute atomic E-state index is 14.1. The highest BCUT2D eigenvalue weighted by atomic mass is 32.2. The summed E-state index contributed by atoms with van der Waals surface area (Å²) in [5, 5.41) is 8.58. The van der Waals surface area contributed by atoms with E-state index in [2.05, 4.69) is 14.4 Å². The molecule has 2 N–H and O–H groups in total. The van der Waals surface area contributed by atoms with Gasteiger partial charge >= 0.3 is 12.3 Å². The number of hydrogen-bond acceptors (Lipinski definition) is 6. The number of sulfonamides is 1. The highest BCUT2D eigenvalue weighted by Crippen LogP contribution is 2.42. The molecule has 7 nitrogen and oxygen atoms in total. The molecule has 0 atom stereocenters. The molecular weight excluding hydrogens is 420 g/mol. The molecule has 0 fully saturated rings. The number of halogens is 4. The van der Waals surface area contributed by atoms with Crippen molar-refractivity contribution in [2.24, 2.45) is 5.14 Å². The molecule has 0 saturated carbocycles. The van der Waals surface area contributed by atoms with Crippen LogP contribution in [0.1, 0.15) is 0 Å². The van der Waals surface area contributed by atoms with Gasteiger partial charge in [0, 0.05) is 5.56 Å². The normalized spacial score (nSPS) is 12.1. The quantitative estimate of drug-likeness (QED) is 0.617. The zero-order valence-electron chi connectivity index (χ0n) is 14.5. The molecule has 1 heterocycles. The Morgan fingerprint density at radius 2 is 1.69 bits per heavy atom. The molecule has 3 aromatic rings. The fourth-order valence-corrected chi connectivity index (χ4v) is 3.04. The third-order valence-corrected chi connectivity index (χ3v) is 4.70. The summed E-state index contributed by atoms with van der Waals surface area (Å²) in [5.41, 5.74) is -0.263. The van der Waals surface area contributed by atoms with E-state index in [0.717, 1.165) is 18.2 Å². The predicted octanol–water partition coefficient (Wildman–Crippen LogP) is 3.70. The zero-order chi connectivity index (χ0) is 21.4. The Bertz CT molecular complexity index is 1140. The number of hydrogen-bond donors (Lipinski definition) is 1. The first-order chi connectivity index (χ1) is 13.5. The number of methoxy groups -OCH3 is 1. The van der Waals surface area contributed by atoms with Gasteiger partial charge in [-0.2, -0.15) is 0 Å². The maximum Gasteiger partial charge on any atom is 0.575 e. The van der Waals surface area contributed by atoms with Crippen LogP contribution in [0.3, 0.4) is 0 Å². The fourth-order valence-electron chi connectivity index (χ4n) is 2.53. The molecular formula is C17H12F4N2O5S. The van der Waals surface area contributed by atoms with Crippen molar-refractivity contribution < 1.29 is 40.0 Å². The van der Waals surface area contributed by atoms with E-state index in [4.69, 9.17) is 9.88 Å². The summed E-state index contributed by atoms with van der Waals surface area (Å²) < 4.78 is 88.5. The van der Waals surface area contributed by atoms with E-state index in [1.54, 1.807) is 0 Å². The summed E-state index contributed by atoms with van der Waals surface area (Å²) in [6, 6.07) is 8.19. The van der Waals surface area contributed by atoms with Crippen molar-refractivity contribution in [2.75, 3.05) is 7.11 Å². The predicted molar refractivity (Wildman–Crippen MR) is 91.9 cm³/mol. The topological polar surface area (TPSA) is 105 Å². The minimum absolute atomic E-state index is 0.0733. The van der Waals surface area contributed by atoms with Gasteiger partial charge in [-0.1, -0.05) is 17.3 Å². The average molecular weight is 432 g/mol. The van der Waals surface area contributed by atoms with Crippen molar-refractivity contribution in [3.8, 4) is 34.1 Å². The van der Waals surface area contributed by atoms with E-state index in [1.807, 2.05) is 0 Å². The van der Waals surface area contributed by atoms with Crippen LogP contribution in [0.15, 0.2) is 51.9 Å². The van der Waals surface area contributed by atoms with Crippen LogP contribution in [-0.4, -0.2) is 27.0 Å². The second-order valence-electron chi connectivity index (χ2n) is 5.66. The summed E-state index contributed by atoms with van der Waals surface area (Å²) in [5.74, 6) is -1.85. The number of primary sulfonamides is 1. The van der Waals surface area contributed by atoms with Gasteiger partial charge in [0.05, 0.1) is 17.6 Å². The van der Waals surface area contributed by atoms with Crippen LogP contribution >= 0.6 is 0 Å². The Balaban J connectivity index is 2.17. The van der Waals surface area contributed by atoms with E-state index in [-0.39, 0.29) is 33.0 Å². The van der Waals surface area contributed by atoms with Gasteiger partial charge in [-0.3, -0.25) is 0 Å². The fraction of sp³-hybridized carbons (Fsp3) is 0.118. The standard InChI is InChI=1S/C17H12F4N2O5S/c1-26-13-7-4-10(8-12(13)18)15-14(16(28-23-15)27-17(19,20)21)9-2-5-11(6-3-9)29(22,24)25/h2-8H,1H3,(H2,22,24,25). The van der Waals surface area contributed by atoms with Gasteiger partial charge in [-0.15, -0.1) is 13.2 Å². The van der Waals surface area contributed by atoms with Gasteiger partial charge in [0.15, 0.2) is 11.6 Å². The zero-order valence-corrected chi connectivity index (χ0v) is 15.3. The molecule has 0 radical (unpaired) electrons. The van der Waals surface area contributed by atoms with Crippen molar-refractivity contribution >= 4 is 10.0 Å². The van der Waals surface area contributed by atoms with Gasteiger partial charge in [-0.05, 0) is 35.9 Å². The molecule has 3 rings (SSSR count). The van der Waals surface area contributed by atoms with Crippen molar-refractivity contribution in [1.29, 1.82) is 0 Å². The molecule has 0 aliphatic carbocycles. The molecule has 0 aliphatic rings. The molecule has 2 aromatic carbocycles. The van der Waals surface area contributed by atoms with Crippen molar-refractivity contribution in [3.05, 3.63) is 48.3 Å². The smallest absolute Gasteiger partial charge is 0.494 e. The van der Waals surface area contributed by atoms with E-state index in [1.165, 1.54) is 31.4 Å². The van der Waals surface area contributed by atoms with E-state index in [9.17, 15) is 26.0 Å². The lowest BCUT2D eigenvalue weighted by Gasteiger charge is -2.09. The first-order valence-corrected chi connectivity index (χ1v) is 9.27. The number of ether oxygens (including phenoxy) is 2. The minimum Gasteiger partial charge on any atom is -0.494 e. The summed E-state index contributed by atoms with van der Waals surface area (Å²) in [6.45, 7) is 0. The number of nitrogens with two attached hydrogens (primary N) is 1. The monoisotopic (exact) mass is 432 g/mol. The molecule has 154 valence electrons. The van der Waals surface area contributed by atoms with Crippen LogP contribution in [0.25, 0.3) is 22.4 Å². The van der Waals surface area contributed by atoms with Crippen LogP contribution < -0.4 is 14.6 Å². The lowest BCUT2D eigenvalue weighted by atomic mass is 10.0. The van der Waals surface area contributed by atoms with Gasteiger partial charge in [0.1, 0.15) is 5.69 Å². The van der Waals surface area contributed by atoms with E-state index < -0.39 is 28.1 Å². The first-order valence-electron chi connectivity index (χ1n) is 7.72. The lowest BCUT2D eigenvalue weighted by Crippen LogP contribution is -2.17. The van der Waals surface area contributed by atoms with Gasteiger partial charge in [0.2, 0.25) is 10.0 Å². The number of alkyl halides is 3. The molecule has 0 aliphatic heterocycles. The second kappa shape index (κ2) is 7.37. The van der Waals surface area contributed by atoms with Crippen molar-refractivity contribution in [2.45, 2.75) is 11.3 Å². The molecule has 12 heteroatoms. The lowest BCUT2D eigenvalue weighted by molar-refractivity contribution is -0.281. The van der Waals surface area contributed by atoms with Crippen LogP contribution in [0.2, 0.25) is 0 Å². The summed E-state index contributed by atoms with van der Waals surface area (Å²) in [6.07, 6.45) is -5.09. The molecule has 1 aromatic heterocycles. The average Bonchev–Trinajstić information content (AvgIpc) is 3.02. The highest BCUT2D eigenvalue weighted by molar-refractivity contribution is 7.89. The molecule has 0 bridgehead atoms. The Kier molecular flexibility index (Phi) is 5.24. The summed E-state index contributed by atoms with van der Waals surface area (Å²) in [7, 11) is -2.76. The summed E-state index contributed by atoms with van der Waals surface area (Å²) >= 11 is 0. The van der Waals surface area contributed by atoms with E-state index >= 15 is 0 Å². The Morgan fingerprint density at radius 3 is 2.21 bits per heavy atom. The van der Waals surface area contributed by atoms with Gasteiger partial charge in [0.25, 0.3) is 0 Å². The van der Waals surface area contributed by atoms with Gasteiger partial charge < -0.3 is 14.0 Å². The maximum atomic E-state index is 14.1. The second-order valence-corrected chi connectivity index (χ2v) is 7.22. The van der Waals surface area contributed by atoms with E-state index in [0.29, 0.717) is 0 Å². The molecule has 0 unspecified atom stereocenters. The third kappa shape index (κ3) is 4.49.